The highest BCUT2D eigenvalue weighted by molar-refractivity contribution is 5.78. The Hall–Kier alpha value is -2.89. The van der Waals surface area contributed by atoms with Crippen molar-refractivity contribution in [2.75, 3.05) is 11.9 Å². The van der Waals surface area contributed by atoms with E-state index in [0.29, 0.717) is 25.2 Å². The summed E-state index contributed by atoms with van der Waals surface area (Å²) in [5.41, 5.74) is 2.67. The summed E-state index contributed by atoms with van der Waals surface area (Å²) in [6.45, 7) is 1.93. The number of hydrogen-bond acceptors (Lipinski definition) is 4. The SMILES string of the molecule is O=C1CCCN1Cc1cccc(CNc2ccccc2[N+](=O)[O-])c1. The fourth-order valence-corrected chi connectivity index (χ4v) is 2.91. The number of likely N-dealkylation sites (tertiary alicyclic amines) is 1. The van der Waals surface area contributed by atoms with Crippen molar-refractivity contribution < 1.29 is 9.72 Å². The molecule has 1 heterocycles. The van der Waals surface area contributed by atoms with Crippen molar-refractivity contribution in [1.82, 2.24) is 4.90 Å². The number of para-hydroxylation sites is 2. The van der Waals surface area contributed by atoms with E-state index < -0.39 is 4.92 Å². The van der Waals surface area contributed by atoms with Crippen LogP contribution < -0.4 is 5.32 Å². The van der Waals surface area contributed by atoms with Gasteiger partial charge < -0.3 is 10.2 Å². The molecule has 24 heavy (non-hydrogen) atoms. The maximum absolute atomic E-state index is 11.7. The monoisotopic (exact) mass is 325 g/mol. The average Bonchev–Trinajstić information content (AvgIpc) is 2.98. The Morgan fingerprint density at radius 2 is 1.92 bits per heavy atom. The second-order valence-corrected chi connectivity index (χ2v) is 5.87. The fraction of sp³-hybridized carbons (Fsp3) is 0.278. The summed E-state index contributed by atoms with van der Waals surface area (Å²) in [4.78, 5) is 24.2. The van der Waals surface area contributed by atoms with Crippen LogP contribution >= 0.6 is 0 Å². The molecule has 0 spiro atoms. The number of carbonyl (C=O) groups excluding carboxylic acids is 1. The number of rotatable bonds is 6. The predicted octanol–water partition coefficient (Wildman–Crippen LogP) is 3.33. The van der Waals surface area contributed by atoms with E-state index in [1.807, 2.05) is 29.2 Å². The van der Waals surface area contributed by atoms with Crippen LogP contribution in [-0.2, 0) is 17.9 Å². The van der Waals surface area contributed by atoms with E-state index in [-0.39, 0.29) is 11.6 Å². The number of nitrogens with one attached hydrogen (secondary N) is 1. The molecular weight excluding hydrogens is 306 g/mol. The van der Waals surface area contributed by atoms with Crippen LogP contribution in [0.2, 0.25) is 0 Å². The minimum Gasteiger partial charge on any atom is -0.375 e. The third-order valence-corrected chi connectivity index (χ3v) is 4.12. The molecule has 0 radical (unpaired) electrons. The standard InChI is InChI=1S/C18H19N3O3/c22-18-9-4-10-20(18)13-15-6-3-5-14(11-15)12-19-16-7-1-2-8-17(16)21(23)24/h1-3,5-8,11,19H,4,9-10,12-13H2. The second kappa shape index (κ2) is 7.12. The average molecular weight is 325 g/mol. The molecule has 2 aromatic rings. The summed E-state index contributed by atoms with van der Waals surface area (Å²) < 4.78 is 0. The summed E-state index contributed by atoms with van der Waals surface area (Å²) in [5.74, 6) is 0.207. The molecular formula is C18H19N3O3. The maximum Gasteiger partial charge on any atom is 0.292 e. The molecule has 0 bridgehead atoms. The molecule has 1 fully saturated rings. The van der Waals surface area contributed by atoms with Gasteiger partial charge in [0.05, 0.1) is 4.92 Å². The first kappa shape index (κ1) is 16.0. The third-order valence-electron chi connectivity index (χ3n) is 4.12. The van der Waals surface area contributed by atoms with Crippen molar-refractivity contribution >= 4 is 17.3 Å². The van der Waals surface area contributed by atoms with Crippen molar-refractivity contribution in [1.29, 1.82) is 0 Å². The Balaban J connectivity index is 1.67. The number of amides is 1. The lowest BCUT2D eigenvalue weighted by Gasteiger charge is -2.16. The maximum atomic E-state index is 11.7. The van der Waals surface area contributed by atoms with Gasteiger partial charge in [0.25, 0.3) is 5.69 Å². The summed E-state index contributed by atoms with van der Waals surface area (Å²) >= 11 is 0. The van der Waals surface area contributed by atoms with E-state index in [1.54, 1.807) is 18.2 Å². The molecule has 1 amide bonds. The lowest BCUT2D eigenvalue weighted by molar-refractivity contribution is -0.384. The first-order valence-electron chi connectivity index (χ1n) is 7.96. The summed E-state index contributed by atoms with van der Waals surface area (Å²) in [6.07, 6.45) is 1.57. The second-order valence-electron chi connectivity index (χ2n) is 5.87. The number of carbonyl (C=O) groups is 1. The molecule has 0 aliphatic carbocycles. The van der Waals surface area contributed by atoms with Crippen molar-refractivity contribution in [3.05, 3.63) is 69.8 Å². The first-order chi connectivity index (χ1) is 11.6. The van der Waals surface area contributed by atoms with Gasteiger partial charge in [0.2, 0.25) is 5.91 Å². The molecule has 2 aromatic carbocycles. The smallest absolute Gasteiger partial charge is 0.292 e. The zero-order valence-corrected chi connectivity index (χ0v) is 13.3. The molecule has 6 heteroatoms. The molecule has 0 unspecified atom stereocenters. The van der Waals surface area contributed by atoms with E-state index in [2.05, 4.69) is 5.32 Å². The van der Waals surface area contributed by atoms with Gasteiger partial charge in [-0.3, -0.25) is 14.9 Å². The molecule has 1 saturated heterocycles. The highest BCUT2D eigenvalue weighted by atomic mass is 16.6. The number of nitro groups is 1. The molecule has 124 valence electrons. The fourth-order valence-electron chi connectivity index (χ4n) is 2.91. The zero-order chi connectivity index (χ0) is 16.9. The molecule has 1 aliphatic heterocycles. The van der Waals surface area contributed by atoms with E-state index in [0.717, 1.165) is 24.1 Å². The minimum absolute atomic E-state index is 0.0660. The Morgan fingerprint density at radius 3 is 2.67 bits per heavy atom. The Kier molecular flexibility index (Phi) is 4.74. The summed E-state index contributed by atoms with van der Waals surface area (Å²) in [7, 11) is 0. The van der Waals surface area contributed by atoms with Gasteiger partial charge >= 0.3 is 0 Å². The Labute approximate surface area is 140 Å². The molecule has 6 nitrogen and oxygen atoms in total. The van der Waals surface area contributed by atoms with Crippen molar-refractivity contribution in [2.24, 2.45) is 0 Å². The van der Waals surface area contributed by atoms with Gasteiger partial charge in [-0.1, -0.05) is 36.4 Å². The molecule has 1 N–H and O–H groups in total. The first-order valence-corrected chi connectivity index (χ1v) is 7.96. The Morgan fingerprint density at radius 1 is 1.12 bits per heavy atom. The van der Waals surface area contributed by atoms with Crippen LogP contribution in [0.4, 0.5) is 11.4 Å². The highest BCUT2D eigenvalue weighted by Gasteiger charge is 2.20. The van der Waals surface area contributed by atoms with Gasteiger partial charge in [0.15, 0.2) is 0 Å². The van der Waals surface area contributed by atoms with Gasteiger partial charge in [-0.25, -0.2) is 0 Å². The zero-order valence-electron chi connectivity index (χ0n) is 13.3. The van der Waals surface area contributed by atoms with Gasteiger partial charge in [-0.2, -0.15) is 0 Å². The number of nitro benzene ring substituents is 1. The van der Waals surface area contributed by atoms with Crippen LogP contribution in [0.25, 0.3) is 0 Å². The topological polar surface area (TPSA) is 75.5 Å². The summed E-state index contributed by atoms with van der Waals surface area (Å²) in [6, 6.07) is 14.6. The van der Waals surface area contributed by atoms with Crippen LogP contribution in [0.15, 0.2) is 48.5 Å². The number of nitrogens with zero attached hydrogens (tertiary/aromatic N) is 2. The van der Waals surface area contributed by atoms with Crippen molar-refractivity contribution in [2.45, 2.75) is 25.9 Å². The van der Waals surface area contributed by atoms with Crippen molar-refractivity contribution in [3.63, 3.8) is 0 Å². The largest absolute Gasteiger partial charge is 0.375 e. The number of anilines is 1. The van der Waals surface area contributed by atoms with E-state index in [4.69, 9.17) is 0 Å². The number of benzene rings is 2. The third kappa shape index (κ3) is 3.71. The van der Waals surface area contributed by atoms with Crippen LogP contribution in [0.3, 0.4) is 0 Å². The van der Waals surface area contributed by atoms with Gasteiger partial charge in [0.1, 0.15) is 5.69 Å². The van der Waals surface area contributed by atoms with Gasteiger partial charge in [0, 0.05) is 32.1 Å². The van der Waals surface area contributed by atoms with Crippen LogP contribution in [0, 0.1) is 10.1 Å². The molecule has 1 aliphatic rings. The normalized spacial score (nSPS) is 14.0. The summed E-state index contributed by atoms with van der Waals surface area (Å²) in [5, 5.41) is 14.2. The van der Waals surface area contributed by atoms with E-state index in [1.165, 1.54) is 6.07 Å². The van der Waals surface area contributed by atoms with Gasteiger partial charge in [-0.15, -0.1) is 0 Å². The predicted molar refractivity (Wildman–Crippen MR) is 91.5 cm³/mol. The van der Waals surface area contributed by atoms with Crippen LogP contribution in [0.5, 0.6) is 0 Å². The highest BCUT2D eigenvalue weighted by Crippen LogP contribution is 2.24. The van der Waals surface area contributed by atoms with Crippen LogP contribution in [-0.4, -0.2) is 22.3 Å². The molecule has 0 saturated carbocycles. The van der Waals surface area contributed by atoms with E-state index in [9.17, 15) is 14.9 Å². The Bertz CT molecular complexity index is 761. The number of hydrogen-bond donors (Lipinski definition) is 1. The van der Waals surface area contributed by atoms with Gasteiger partial charge in [-0.05, 0) is 23.6 Å². The van der Waals surface area contributed by atoms with Crippen molar-refractivity contribution in [3.8, 4) is 0 Å². The minimum atomic E-state index is -0.391. The van der Waals surface area contributed by atoms with E-state index >= 15 is 0 Å². The molecule has 0 aromatic heterocycles. The quantitative estimate of drug-likeness (QED) is 0.653. The lowest BCUT2D eigenvalue weighted by atomic mass is 10.1. The molecule has 0 atom stereocenters. The lowest BCUT2D eigenvalue weighted by Crippen LogP contribution is -2.23. The molecule has 3 rings (SSSR count). The van der Waals surface area contributed by atoms with Crippen LogP contribution in [0.1, 0.15) is 24.0 Å².